The molecule has 3 unspecified atom stereocenters. The first-order valence-electron chi connectivity index (χ1n) is 6.64. The van der Waals surface area contributed by atoms with Crippen LogP contribution in [0.1, 0.15) is 62.2 Å². The third kappa shape index (κ3) is 4.40. The lowest BCUT2D eigenvalue weighted by molar-refractivity contribution is 0.387. The number of aromatic nitrogens is 1. The first-order valence-corrected chi connectivity index (χ1v) is 7.45. The fourth-order valence-electron chi connectivity index (χ4n) is 2.29. The van der Waals surface area contributed by atoms with E-state index < -0.39 is 0 Å². The second-order valence-corrected chi connectivity index (χ2v) is 6.46. The van der Waals surface area contributed by atoms with Gasteiger partial charge < -0.3 is 5.32 Å². The van der Waals surface area contributed by atoms with Crippen molar-refractivity contribution in [3.05, 3.63) is 15.6 Å². The van der Waals surface area contributed by atoms with Crippen molar-refractivity contribution >= 4 is 11.3 Å². The van der Waals surface area contributed by atoms with Gasteiger partial charge in [-0.25, -0.2) is 4.98 Å². The lowest BCUT2D eigenvalue weighted by atomic mass is 10.00. The van der Waals surface area contributed by atoms with Crippen LogP contribution in [0, 0.1) is 19.8 Å². The van der Waals surface area contributed by atoms with Crippen LogP contribution in [0.25, 0.3) is 0 Å². The van der Waals surface area contributed by atoms with Gasteiger partial charge in [0.15, 0.2) is 0 Å². The largest absolute Gasteiger partial charge is 0.307 e. The minimum absolute atomic E-state index is 0.417. The maximum absolute atomic E-state index is 4.50. The third-order valence-corrected chi connectivity index (χ3v) is 4.58. The van der Waals surface area contributed by atoms with Gasteiger partial charge in [-0.15, -0.1) is 11.3 Å². The van der Waals surface area contributed by atoms with E-state index in [9.17, 15) is 0 Å². The average molecular weight is 254 g/mol. The van der Waals surface area contributed by atoms with Crippen molar-refractivity contribution in [3.8, 4) is 0 Å². The summed E-state index contributed by atoms with van der Waals surface area (Å²) in [6.45, 7) is 13.3. The lowest BCUT2D eigenvalue weighted by Crippen LogP contribution is -2.30. The molecule has 1 aromatic rings. The Bertz CT molecular complexity index is 346. The molecule has 0 aliphatic carbocycles. The molecule has 3 atom stereocenters. The van der Waals surface area contributed by atoms with Crippen LogP contribution in [0.4, 0.5) is 0 Å². The minimum Gasteiger partial charge on any atom is -0.307 e. The first-order chi connectivity index (χ1) is 7.93. The van der Waals surface area contributed by atoms with Gasteiger partial charge >= 0.3 is 0 Å². The van der Waals surface area contributed by atoms with Crippen molar-refractivity contribution in [2.24, 2.45) is 5.92 Å². The van der Waals surface area contributed by atoms with Gasteiger partial charge in [0, 0.05) is 17.0 Å². The summed E-state index contributed by atoms with van der Waals surface area (Å²) in [5.74, 6) is 0.800. The van der Waals surface area contributed by atoms with Gasteiger partial charge in [0.2, 0.25) is 0 Å². The molecule has 0 fully saturated rings. The average Bonchev–Trinajstić information content (AvgIpc) is 2.57. The molecule has 0 saturated carbocycles. The normalized spacial score (nSPS) is 16.8. The predicted octanol–water partition coefficient (Wildman–Crippen LogP) is 4.24. The van der Waals surface area contributed by atoms with E-state index in [1.807, 2.05) is 11.3 Å². The van der Waals surface area contributed by atoms with E-state index >= 15 is 0 Å². The molecule has 0 aliphatic heterocycles. The standard InChI is InChI=1S/C14H26N2S/c1-7-9(2)8-10(3)15-11(4)14-12(5)16-13(6)17-14/h9-11,15H,7-8H2,1-6H3. The van der Waals surface area contributed by atoms with Crippen LogP contribution in [-0.2, 0) is 0 Å². The summed E-state index contributed by atoms with van der Waals surface area (Å²) in [4.78, 5) is 5.88. The summed E-state index contributed by atoms with van der Waals surface area (Å²) in [7, 11) is 0. The molecule has 98 valence electrons. The Hall–Kier alpha value is -0.410. The minimum atomic E-state index is 0.417. The Morgan fingerprint density at radius 1 is 1.24 bits per heavy atom. The SMILES string of the molecule is CCC(C)CC(C)NC(C)c1sc(C)nc1C. The van der Waals surface area contributed by atoms with Crippen LogP contribution in [0.2, 0.25) is 0 Å². The maximum Gasteiger partial charge on any atom is 0.0900 e. The Balaban J connectivity index is 2.54. The van der Waals surface area contributed by atoms with Crippen molar-refractivity contribution in [1.82, 2.24) is 10.3 Å². The van der Waals surface area contributed by atoms with Crippen LogP contribution >= 0.6 is 11.3 Å². The fraction of sp³-hybridized carbons (Fsp3) is 0.786. The molecule has 0 bridgehead atoms. The Morgan fingerprint density at radius 2 is 1.88 bits per heavy atom. The second-order valence-electron chi connectivity index (χ2n) is 5.22. The molecule has 0 spiro atoms. The highest BCUT2D eigenvalue weighted by atomic mass is 32.1. The predicted molar refractivity (Wildman–Crippen MR) is 76.7 cm³/mol. The zero-order valence-electron chi connectivity index (χ0n) is 12.0. The van der Waals surface area contributed by atoms with Crippen LogP contribution in [0.5, 0.6) is 0 Å². The number of nitrogens with zero attached hydrogens (tertiary/aromatic N) is 1. The van der Waals surface area contributed by atoms with Gasteiger partial charge in [-0.2, -0.15) is 0 Å². The van der Waals surface area contributed by atoms with E-state index in [0.717, 1.165) is 5.92 Å². The Morgan fingerprint density at radius 3 is 2.35 bits per heavy atom. The van der Waals surface area contributed by atoms with E-state index in [-0.39, 0.29) is 0 Å². The van der Waals surface area contributed by atoms with Crippen molar-refractivity contribution in [1.29, 1.82) is 0 Å². The molecule has 1 aromatic heterocycles. The highest BCUT2D eigenvalue weighted by Gasteiger charge is 2.15. The molecular formula is C14H26N2S. The van der Waals surface area contributed by atoms with Crippen molar-refractivity contribution in [2.75, 3.05) is 0 Å². The number of rotatable bonds is 6. The van der Waals surface area contributed by atoms with E-state index in [1.54, 1.807) is 0 Å². The van der Waals surface area contributed by atoms with Gasteiger partial charge in [-0.05, 0) is 40.0 Å². The first kappa shape index (κ1) is 14.7. The van der Waals surface area contributed by atoms with Crippen LogP contribution in [0.15, 0.2) is 0 Å². The molecule has 0 aromatic carbocycles. The summed E-state index contributed by atoms with van der Waals surface area (Å²) >= 11 is 1.82. The number of nitrogens with one attached hydrogen (secondary N) is 1. The summed E-state index contributed by atoms with van der Waals surface area (Å²) < 4.78 is 0. The smallest absolute Gasteiger partial charge is 0.0900 e. The zero-order chi connectivity index (χ0) is 13.0. The molecule has 2 nitrogen and oxygen atoms in total. The monoisotopic (exact) mass is 254 g/mol. The molecule has 0 aliphatic rings. The van der Waals surface area contributed by atoms with E-state index in [4.69, 9.17) is 0 Å². The number of aryl methyl sites for hydroxylation is 2. The summed E-state index contributed by atoms with van der Waals surface area (Å²) in [6.07, 6.45) is 2.51. The lowest BCUT2D eigenvalue weighted by Gasteiger charge is -2.22. The zero-order valence-corrected chi connectivity index (χ0v) is 12.8. The quantitative estimate of drug-likeness (QED) is 0.821. The highest BCUT2D eigenvalue weighted by Crippen LogP contribution is 2.25. The molecule has 0 amide bonds. The van der Waals surface area contributed by atoms with Gasteiger partial charge in [-0.1, -0.05) is 20.3 Å². The molecule has 1 N–H and O–H groups in total. The second kappa shape index (κ2) is 6.50. The molecule has 17 heavy (non-hydrogen) atoms. The van der Waals surface area contributed by atoms with Crippen LogP contribution in [-0.4, -0.2) is 11.0 Å². The van der Waals surface area contributed by atoms with E-state index in [2.05, 4.69) is 51.8 Å². The fourth-order valence-corrected chi connectivity index (χ4v) is 3.23. The summed E-state index contributed by atoms with van der Waals surface area (Å²) in [5.41, 5.74) is 1.18. The number of hydrogen-bond donors (Lipinski definition) is 1. The van der Waals surface area contributed by atoms with Crippen LogP contribution in [0.3, 0.4) is 0 Å². The molecule has 0 radical (unpaired) electrons. The van der Waals surface area contributed by atoms with Gasteiger partial charge in [0.25, 0.3) is 0 Å². The van der Waals surface area contributed by atoms with Crippen LogP contribution < -0.4 is 5.32 Å². The van der Waals surface area contributed by atoms with Gasteiger partial charge in [0.1, 0.15) is 0 Å². The van der Waals surface area contributed by atoms with E-state index in [0.29, 0.717) is 12.1 Å². The van der Waals surface area contributed by atoms with Gasteiger partial charge in [0.05, 0.1) is 10.7 Å². The summed E-state index contributed by atoms with van der Waals surface area (Å²) in [5, 5.41) is 4.85. The number of thiazole rings is 1. The Kier molecular flexibility index (Phi) is 5.60. The molecule has 3 heteroatoms. The summed E-state index contributed by atoms with van der Waals surface area (Å²) in [6, 6.07) is 0.988. The van der Waals surface area contributed by atoms with Crippen molar-refractivity contribution in [3.63, 3.8) is 0 Å². The number of hydrogen-bond acceptors (Lipinski definition) is 3. The molecular weight excluding hydrogens is 228 g/mol. The molecule has 1 rings (SSSR count). The molecule has 0 saturated heterocycles. The van der Waals surface area contributed by atoms with Crippen molar-refractivity contribution < 1.29 is 0 Å². The third-order valence-electron chi connectivity index (χ3n) is 3.32. The topological polar surface area (TPSA) is 24.9 Å². The van der Waals surface area contributed by atoms with E-state index in [1.165, 1.54) is 28.4 Å². The highest BCUT2D eigenvalue weighted by molar-refractivity contribution is 7.11. The van der Waals surface area contributed by atoms with Gasteiger partial charge in [-0.3, -0.25) is 0 Å². The molecule has 1 heterocycles. The Labute approximate surface area is 110 Å². The maximum atomic E-state index is 4.50. The van der Waals surface area contributed by atoms with Crippen molar-refractivity contribution in [2.45, 2.75) is 66.5 Å².